The van der Waals surface area contributed by atoms with Crippen molar-refractivity contribution >= 4 is 23.3 Å². The van der Waals surface area contributed by atoms with Crippen molar-refractivity contribution in [3.63, 3.8) is 0 Å². The van der Waals surface area contributed by atoms with Crippen LogP contribution in [-0.4, -0.2) is 25.4 Å². The van der Waals surface area contributed by atoms with Gasteiger partial charge in [-0.1, -0.05) is 0 Å². The van der Waals surface area contributed by atoms with E-state index in [2.05, 4.69) is 35.6 Å². The molecule has 0 fully saturated rings. The maximum absolute atomic E-state index is 9.18. The van der Waals surface area contributed by atoms with Gasteiger partial charge in [0.25, 0.3) is 11.9 Å². The first-order valence-corrected chi connectivity index (χ1v) is 6.53. The SMILES string of the molecule is Oc1ccc(N=Nc2n[nH]c(N=Nc3ccc(O)cc3)n2)cc1. The monoisotopic (exact) mass is 309 g/mol. The molecule has 0 aliphatic carbocycles. The summed E-state index contributed by atoms with van der Waals surface area (Å²) < 4.78 is 0. The van der Waals surface area contributed by atoms with E-state index in [0.717, 1.165) is 0 Å². The van der Waals surface area contributed by atoms with Gasteiger partial charge in [0.2, 0.25) is 0 Å². The molecule has 0 aliphatic heterocycles. The van der Waals surface area contributed by atoms with Gasteiger partial charge in [-0.15, -0.1) is 25.6 Å². The number of rotatable bonds is 4. The van der Waals surface area contributed by atoms with Crippen LogP contribution < -0.4 is 0 Å². The number of nitrogens with zero attached hydrogens (tertiary/aromatic N) is 6. The minimum atomic E-state index is 0.109. The van der Waals surface area contributed by atoms with Crippen LogP contribution in [0, 0.1) is 0 Å². The average molecular weight is 309 g/mol. The van der Waals surface area contributed by atoms with Crippen LogP contribution in [0.25, 0.3) is 0 Å². The zero-order valence-electron chi connectivity index (χ0n) is 11.7. The molecule has 0 unspecified atom stereocenters. The van der Waals surface area contributed by atoms with Crippen molar-refractivity contribution in [2.45, 2.75) is 0 Å². The fraction of sp³-hybridized carbons (Fsp3) is 0. The van der Waals surface area contributed by atoms with E-state index in [1.807, 2.05) is 0 Å². The molecule has 114 valence electrons. The third-order valence-corrected chi connectivity index (χ3v) is 2.68. The first kappa shape index (κ1) is 14.3. The van der Waals surface area contributed by atoms with Crippen molar-refractivity contribution in [3.8, 4) is 11.5 Å². The van der Waals surface area contributed by atoms with Gasteiger partial charge in [-0.05, 0) is 48.5 Å². The standard InChI is InChI=1S/C14H11N7O2/c22-11-5-1-9(2-6-11)16-18-13-15-14(21-20-13)19-17-10-3-7-12(23)8-4-10/h1-8,22-23H,(H,15,20,21). The number of hydrogen-bond donors (Lipinski definition) is 3. The quantitative estimate of drug-likeness (QED) is 0.627. The van der Waals surface area contributed by atoms with E-state index >= 15 is 0 Å². The van der Waals surface area contributed by atoms with Crippen molar-refractivity contribution in [3.05, 3.63) is 48.5 Å². The molecule has 0 radical (unpaired) electrons. The Morgan fingerprint density at radius 2 is 1.22 bits per heavy atom. The van der Waals surface area contributed by atoms with Crippen LogP contribution in [0.2, 0.25) is 0 Å². The van der Waals surface area contributed by atoms with E-state index in [-0.39, 0.29) is 23.4 Å². The highest BCUT2D eigenvalue weighted by Gasteiger charge is 2.00. The van der Waals surface area contributed by atoms with Gasteiger partial charge in [0.1, 0.15) is 11.5 Å². The second-order valence-electron chi connectivity index (χ2n) is 4.39. The van der Waals surface area contributed by atoms with Crippen molar-refractivity contribution < 1.29 is 10.2 Å². The summed E-state index contributed by atoms with van der Waals surface area (Å²) in [5.41, 5.74) is 1.12. The predicted octanol–water partition coefficient (Wildman–Crippen LogP) is 4.05. The number of aromatic hydroxyl groups is 2. The van der Waals surface area contributed by atoms with E-state index < -0.39 is 0 Å². The number of H-pyrrole nitrogens is 1. The Morgan fingerprint density at radius 3 is 1.78 bits per heavy atom. The largest absolute Gasteiger partial charge is 0.508 e. The van der Waals surface area contributed by atoms with Crippen LogP contribution in [0.3, 0.4) is 0 Å². The summed E-state index contributed by atoms with van der Waals surface area (Å²) in [6.45, 7) is 0. The van der Waals surface area contributed by atoms with E-state index in [0.29, 0.717) is 11.4 Å². The summed E-state index contributed by atoms with van der Waals surface area (Å²) in [5.74, 6) is 0.592. The summed E-state index contributed by atoms with van der Waals surface area (Å²) in [6.07, 6.45) is 0. The molecule has 2 aromatic carbocycles. The van der Waals surface area contributed by atoms with Gasteiger partial charge < -0.3 is 10.2 Å². The molecular weight excluding hydrogens is 298 g/mol. The van der Waals surface area contributed by atoms with E-state index in [4.69, 9.17) is 0 Å². The number of azo groups is 2. The molecular formula is C14H11N7O2. The first-order chi connectivity index (χ1) is 11.2. The summed E-state index contributed by atoms with van der Waals surface area (Å²) in [7, 11) is 0. The van der Waals surface area contributed by atoms with Crippen molar-refractivity contribution in [2.75, 3.05) is 0 Å². The Morgan fingerprint density at radius 1 is 0.696 bits per heavy atom. The zero-order chi connectivity index (χ0) is 16.1. The third-order valence-electron chi connectivity index (χ3n) is 2.68. The number of phenolic OH excluding ortho intramolecular Hbond substituents is 2. The lowest BCUT2D eigenvalue weighted by Crippen LogP contribution is -1.67. The van der Waals surface area contributed by atoms with Gasteiger partial charge in [0, 0.05) is 0 Å². The normalized spacial score (nSPS) is 11.5. The molecule has 0 saturated carbocycles. The van der Waals surface area contributed by atoms with Gasteiger partial charge in [0.15, 0.2) is 0 Å². The fourth-order valence-electron chi connectivity index (χ4n) is 1.58. The van der Waals surface area contributed by atoms with E-state index in [9.17, 15) is 10.2 Å². The number of aromatic amines is 1. The zero-order valence-corrected chi connectivity index (χ0v) is 11.7. The fourth-order valence-corrected chi connectivity index (χ4v) is 1.58. The lowest BCUT2D eigenvalue weighted by molar-refractivity contribution is 0.475. The number of benzene rings is 2. The lowest BCUT2D eigenvalue weighted by atomic mass is 10.3. The molecule has 0 atom stereocenters. The maximum atomic E-state index is 9.18. The minimum absolute atomic E-state index is 0.109. The Bertz CT molecular complexity index is 768. The first-order valence-electron chi connectivity index (χ1n) is 6.53. The van der Waals surface area contributed by atoms with Crippen molar-refractivity contribution in [1.29, 1.82) is 0 Å². The predicted molar refractivity (Wildman–Crippen MR) is 80.9 cm³/mol. The number of hydrogen-bond acceptors (Lipinski definition) is 8. The van der Waals surface area contributed by atoms with Crippen LogP contribution in [0.4, 0.5) is 23.3 Å². The third kappa shape index (κ3) is 3.94. The second kappa shape index (κ2) is 6.43. The molecule has 3 N–H and O–H groups in total. The van der Waals surface area contributed by atoms with Gasteiger partial charge >= 0.3 is 0 Å². The summed E-state index contributed by atoms with van der Waals surface area (Å²) in [4.78, 5) is 3.99. The molecule has 0 saturated heterocycles. The van der Waals surface area contributed by atoms with Crippen molar-refractivity contribution in [1.82, 2.24) is 15.2 Å². The smallest absolute Gasteiger partial charge is 0.289 e. The number of aromatic nitrogens is 3. The van der Waals surface area contributed by atoms with Crippen LogP contribution >= 0.6 is 0 Å². The van der Waals surface area contributed by atoms with Crippen LogP contribution in [-0.2, 0) is 0 Å². The molecule has 3 rings (SSSR count). The highest BCUT2D eigenvalue weighted by atomic mass is 16.3. The van der Waals surface area contributed by atoms with Gasteiger partial charge in [-0.2, -0.15) is 4.98 Å². The molecule has 0 amide bonds. The van der Waals surface area contributed by atoms with Gasteiger partial charge in [-0.3, -0.25) is 0 Å². The number of phenols is 2. The van der Waals surface area contributed by atoms with E-state index in [1.165, 1.54) is 24.3 Å². The highest BCUT2D eigenvalue weighted by Crippen LogP contribution is 2.21. The topological polar surface area (TPSA) is 131 Å². The summed E-state index contributed by atoms with van der Waals surface area (Å²) in [5, 5.41) is 40.3. The molecule has 3 aromatic rings. The second-order valence-corrected chi connectivity index (χ2v) is 4.39. The Labute approximate surface area is 130 Å². The lowest BCUT2D eigenvalue weighted by Gasteiger charge is -1.91. The number of nitrogens with one attached hydrogen (secondary N) is 1. The average Bonchev–Trinajstić information content (AvgIpc) is 3.02. The molecule has 1 aromatic heterocycles. The molecule has 9 nitrogen and oxygen atoms in total. The summed E-state index contributed by atoms with van der Waals surface area (Å²) in [6, 6.07) is 12.5. The van der Waals surface area contributed by atoms with Crippen LogP contribution in [0.15, 0.2) is 69.0 Å². The maximum Gasteiger partial charge on any atom is 0.289 e. The molecule has 23 heavy (non-hydrogen) atoms. The molecule has 0 bridgehead atoms. The Kier molecular flexibility index (Phi) is 4.01. The molecule has 9 heteroatoms. The van der Waals surface area contributed by atoms with E-state index in [1.54, 1.807) is 24.3 Å². The van der Waals surface area contributed by atoms with Gasteiger partial charge in [0.05, 0.1) is 11.4 Å². The minimum Gasteiger partial charge on any atom is -0.508 e. The van der Waals surface area contributed by atoms with Crippen molar-refractivity contribution in [2.24, 2.45) is 20.5 Å². The highest BCUT2D eigenvalue weighted by molar-refractivity contribution is 5.41. The summed E-state index contributed by atoms with van der Waals surface area (Å²) >= 11 is 0. The Hall–Kier alpha value is -3.62. The van der Waals surface area contributed by atoms with Crippen LogP contribution in [0.1, 0.15) is 0 Å². The molecule has 1 heterocycles. The molecule has 0 aliphatic rings. The van der Waals surface area contributed by atoms with Gasteiger partial charge in [-0.25, -0.2) is 5.10 Å². The van der Waals surface area contributed by atoms with Crippen LogP contribution in [0.5, 0.6) is 11.5 Å². The molecule has 0 spiro atoms. The Balaban J connectivity index is 1.68.